The third-order valence-electron chi connectivity index (χ3n) is 3.94. The number of pyridine rings is 1. The lowest BCUT2D eigenvalue weighted by molar-refractivity contribution is -0.132. The number of hydrogen-bond donors (Lipinski definition) is 0. The van der Waals surface area contributed by atoms with Gasteiger partial charge in [-0.1, -0.05) is 0 Å². The molecule has 1 aliphatic rings. The minimum atomic E-state index is 0.197. The van der Waals surface area contributed by atoms with Gasteiger partial charge in [-0.25, -0.2) is 9.97 Å². The zero-order valence-electron chi connectivity index (χ0n) is 11.6. The lowest BCUT2D eigenvalue weighted by Gasteiger charge is -2.31. The van der Waals surface area contributed by atoms with Crippen molar-refractivity contribution in [1.82, 2.24) is 19.4 Å². The Kier molecular flexibility index (Phi) is 3.38. The Morgan fingerprint density at radius 1 is 1.50 bits per heavy atom. The smallest absolute Gasteiger partial charge is 0.222 e. The van der Waals surface area contributed by atoms with Gasteiger partial charge in [-0.3, -0.25) is 4.79 Å². The van der Waals surface area contributed by atoms with E-state index in [1.165, 1.54) is 0 Å². The van der Waals surface area contributed by atoms with E-state index in [1.807, 2.05) is 20.0 Å². The molecule has 0 aliphatic carbocycles. The summed E-state index contributed by atoms with van der Waals surface area (Å²) in [6.07, 6.45) is 3.17. The lowest BCUT2D eigenvalue weighted by Crippen LogP contribution is -2.38. The Balaban J connectivity index is 2.10. The Bertz CT molecular complexity index is 666. The van der Waals surface area contributed by atoms with Crippen molar-refractivity contribution >= 4 is 28.7 Å². The van der Waals surface area contributed by atoms with E-state index in [9.17, 15) is 4.79 Å². The number of carbonyl (C=O) groups is 1. The fourth-order valence-electron chi connectivity index (χ4n) is 2.83. The van der Waals surface area contributed by atoms with Gasteiger partial charge in [0.1, 0.15) is 11.3 Å². The summed E-state index contributed by atoms with van der Waals surface area (Å²) in [5, 5.41) is 0. The van der Waals surface area contributed by atoms with Crippen molar-refractivity contribution in [1.29, 1.82) is 0 Å². The zero-order valence-corrected chi connectivity index (χ0v) is 12.4. The maximum atomic E-state index is 11.6. The van der Waals surface area contributed by atoms with E-state index in [-0.39, 0.29) is 11.9 Å². The Morgan fingerprint density at radius 2 is 2.30 bits per heavy atom. The highest BCUT2D eigenvalue weighted by molar-refractivity contribution is 6.16. The first kappa shape index (κ1) is 13.4. The Morgan fingerprint density at radius 3 is 3.00 bits per heavy atom. The van der Waals surface area contributed by atoms with Crippen molar-refractivity contribution in [3.63, 3.8) is 0 Å². The fourth-order valence-corrected chi connectivity index (χ4v) is 3.02. The highest BCUT2D eigenvalue weighted by Crippen LogP contribution is 2.28. The molecule has 0 N–H and O–H groups in total. The van der Waals surface area contributed by atoms with Crippen LogP contribution in [-0.2, 0) is 10.7 Å². The summed E-state index contributed by atoms with van der Waals surface area (Å²) < 4.78 is 2.11. The van der Waals surface area contributed by atoms with Gasteiger partial charge in [0, 0.05) is 26.2 Å². The molecule has 6 heteroatoms. The predicted molar refractivity (Wildman–Crippen MR) is 77.7 cm³/mol. The molecular weight excluding hydrogens is 276 g/mol. The van der Waals surface area contributed by atoms with Gasteiger partial charge < -0.3 is 9.47 Å². The summed E-state index contributed by atoms with van der Waals surface area (Å²) in [7, 11) is 1.84. The number of aryl methyl sites for hydroxylation is 1. The number of halogens is 1. The number of imidazole rings is 1. The summed E-state index contributed by atoms with van der Waals surface area (Å²) in [6, 6.07) is 2.15. The van der Waals surface area contributed by atoms with Crippen LogP contribution in [0.25, 0.3) is 11.2 Å². The number of aromatic nitrogens is 3. The molecule has 106 valence electrons. The number of piperidine rings is 1. The number of rotatable bonds is 2. The van der Waals surface area contributed by atoms with Crippen molar-refractivity contribution in [2.45, 2.75) is 31.7 Å². The fraction of sp³-hybridized carbons (Fsp3) is 0.500. The van der Waals surface area contributed by atoms with Crippen LogP contribution in [0.1, 0.15) is 30.3 Å². The maximum Gasteiger partial charge on any atom is 0.222 e. The second kappa shape index (κ2) is 5.05. The van der Waals surface area contributed by atoms with Crippen molar-refractivity contribution in [3.8, 4) is 0 Å². The number of carbonyl (C=O) groups excluding carboxylic acids is 1. The molecule has 2 aromatic rings. The van der Waals surface area contributed by atoms with E-state index in [1.54, 1.807) is 11.1 Å². The molecule has 0 spiro atoms. The molecule has 1 fully saturated rings. The molecule has 0 aromatic carbocycles. The molecule has 20 heavy (non-hydrogen) atoms. The molecule has 0 radical (unpaired) electrons. The predicted octanol–water partition coefficient (Wildman–Crippen LogP) is 2.27. The second-order valence-corrected chi connectivity index (χ2v) is 5.57. The standard InChI is InChI=1S/C14H17ClN4O/c1-9-5-6-16-14-13(9)17-11(7-15)19(14)10-3-4-12(20)18(2)8-10/h5-6,10H,3-4,7-8H2,1-2H3. The Labute approximate surface area is 122 Å². The van der Waals surface area contributed by atoms with E-state index in [4.69, 9.17) is 11.6 Å². The van der Waals surface area contributed by atoms with Crippen LogP contribution in [-0.4, -0.2) is 38.9 Å². The van der Waals surface area contributed by atoms with Crippen LogP contribution < -0.4 is 0 Å². The summed E-state index contributed by atoms with van der Waals surface area (Å²) in [6.45, 7) is 2.71. The highest BCUT2D eigenvalue weighted by atomic mass is 35.5. The molecule has 1 atom stereocenters. The van der Waals surface area contributed by atoms with Crippen LogP contribution in [0, 0.1) is 6.92 Å². The molecule has 3 heterocycles. The summed E-state index contributed by atoms with van der Waals surface area (Å²) in [4.78, 5) is 22.5. The lowest BCUT2D eigenvalue weighted by atomic mass is 10.1. The van der Waals surface area contributed by atoms with E-state index in [0.717, 1.165) is 29.0 Å². The molecule has 1 aliphatic heterocycles. The summed E-state index contributed by atoms with van der Waals surface area (Å²) in [5.74, 6) is 1.38. The van der Waals surface area contributed by atoms with Gasteiger partial charge in [0.2, 0.25) is 5.91 Å². The van der Waals surface area contributed by atoms with Gasteiger partial charge in [-0.2, -0.15) is 0 Å². The van der Waals surface area contributed by atoms with Gasteiger partial charge >= 0.3 is 0 Å². The first-order valence-corrected chi connectivity index (χ1v) is 7.27. The third-order valence-corrected chi connectivity index (χ3v) is 4.18. The SMILES string of the molecule is Cc1ccnc2c1nc(CCl)n2C1CCC(=O)N(C)C1. The van der Waals surface area contributed by atoms with E-state index >= 15 is 0 Å². The van der Waals surface area contributed by atoms with Crippen LogP contribution >= 0.6 is 11.6 Å². The topological polar surface area (TPSA) is 51.0 Å². The molecule has 1 unspecified atom stereocenters. The number of likely N-dealkylation sites (tertiary alicyclic amines) is 1. The van der Waals surface area contributed by atoms with E-state index in [0.29, 0.717) is 18.8 Å². The second-order valence-electron chi connectivity index (χ2n) is 5.30. The Hall–Kier alpha value is -1.62. The van der Waals surface area contributed by atoms with Gasteiger partial charge in [0.25, 0.3) is 0 Å². The number of alkyl halides is 1. The molecule has 1 saturated heterocycles. The quantitative estimate of drug-likeness (QED) is 0.798. The van der Waals surface area contributed by atoms with Gasteiger partial charge in [-0.15, -0.1) is 11.6 Å². The van der Waals surface area contributed by atoms with E-state index < -0.39 is 0 Å². The average molecular weight is 293 g/mol. The monoisotopic (exact) mass is 292 g/mol. The first-order valence-electron chi connectivity index (χ1n) is 6.74. The zero-order chi connectivity index (χ0) is 14.3. The number of fused-ring (bicyclic) bond motifs is 1. The molecule has 0 bridgehead atoms. The van der Waals surface area contributed by atoms with Crippen molar-refractivity contribution in [2.24, 2.45) is 0 Å². The maximum absolute atomic E-state index is 11.6. The molecule has 2 aromatic heterocycles. The number of likely N-dealkylation sites (N-methyl/N-ethyl adjacent to an activating group) is 1. The summed E-state index contributed by atoms with van der Waals surface area (Å²) in [5.41, 5.74) is 2.87. The molecule has 1 amide bonds. The van der Waals surface area contributed by atoms with Crippen LogP contribution in [0.15, 0.2) is 12.3 Å². The van der Waals surface area contributed by atoms with Gasteiger partial charge in [0.15, 0.2) is 5.65 Å². The molecular formula is C14H17ClN4O. The van der Waals surface area contributed by atoms with Crippen molar-refractivity contribution < 1.29 is 4.79 Å². The molecule has 3 rings (SSSR count). The number of nitrogens with zero attached hydrogens (tertiary/aromatic N) is 4. The minimum absolute atomic E-state index is 0.197. The van der Waals surface area contributed by atoms with Crippen LogP contribution in [0.4, 0.5) is 0 Å². The van der Waals surface area contributed by atoms with Crippen molar-refractivity contribution in [2.75, 3.05) is 13.6 Å². The van der Waals surface area contributed by atoms with Gasteiger partial charge in [-0.05, 0) is 25.0 Å². The summed E-state index contributed by atoms with van der Waals surface area (Å²) >= 11 is 6.05. The van der Waals surface area contributed by atoms with E-state index in [2.05, 4.69) is 14.5 Å². The normalized spacial score (nSPS) is 19.9. The van der Waals surface area contributed by atoms with Crippen molar-refractivity contribution in [3.05, 3.63) is 23.7 Å². The minimum Gasteiger partial charge on any atom is -0.344 e. The van der Waals surface area contributed by atoms with Gasteiger partial charge in [0.05, 0.1) is 11.9 Å². The molecule has 0 saturated carbocycles. The highest BCUT2D eigenvalue weighted by Gasteiger charge is 2.27. The first-order chi connectivity index (χ1) is 9.61. The van der Waals surface area contributed by atoms with Crippen LogP contribution in [0.3, 0.4) is 0 Å². The molecule has 5 nitrogen and oxygen atoms in total. The number of amides is 1. The van der Waals surface area contributed by atoms with Crippen LogP contribution in [0.2, 0.25) is 0 Å². The third kappa shape index (κ3) is 2.06. The number of hydrogen-bond acceptors (Lipinski definition) is 3. The average Bonchev–Trinajstić information content (AvgIpc) is 2.82. The van der Waals surface area contributed by atoms with Crippen LogP contribution in [0.5, 0.6) is 0 Å². The largest absolute Gasteiger partial charge is 0.344 e.